The maximum absolute atomic E-state index is 11.6. The van der Waals surface area contributed by atoms with E-state index in [0.717, 1.165) is 0 Å². The second-order valence-electron chi connectivity index (χ2n) is 5.33. The van der Waals surface area contributed by atoms with E-state index in [1.807, 2.05) is 30.3 Å². The third-order valence-corrected chi connectivity index (χ3v) is 5.14. The summed E-state index contributed by atoms with van der Waals surface area (Å²) in [6, 6.07) is 9.21. The zero-order chi connectivity index (χ0) is 15.3. The first-order valence-electron chi connectivity index (χ1n) is 6.72. The summed E-state index contributed by atoms with van der Waals surface area (Å²) in [6.07, 6.45) is -0.212. The molecule has 1 heterocycles. The van der Waals surface area contributed by atoms with Crippen LogP contribution in [0, 0.1) is 0 Å². The summed E-state index contributed by atoms with van der Waals surface area (Å²) in [4.78, 5) is 11.6. The SMILES string of the molecule is CC1(NC(=O)OCCOc2ccccc2)CCS(=O)(=O)C1. The lowest BCUT2D eigenvalue weighted by atomic mass is 10.0. The van der Waals surface area contributed by atoms with Gasteiger partial charge in [0.15, 0.2) is 9.84 Å². The second kappa shape index (κ2) is 6.34. The Bertz CT molecular complexity index is 587. The van der Waals surface area contributed by atoms with Gasteiger partial charge in [-0.15, -0.1) is 0 Å². The summed E-state index contributed by atoms with van der Waals surface area (Å²) in [5, 5.41) is 2.61. The molecule has 0 aliphatic carbocycles. The third-order valence-electron chi connectivity index (χ3n) is 3.24. The molecule has 0 saturated carbocycles. The molecule has 1 N–H and O–H groups in total. The predicted octanol–water partition coefficient (Wildman–Crippen LogP) is 1.37. The minimum absolute atomic E-state index is 0.0460. The fourth-order valence-electron chi connectivity index (χ4n) is 2.20. The van der Waals surface area contributed by atoms with Crippen molar-refractivity contribution in [3.05, 3.63) is 30.3 Å². The highest BCUT2D eigenvalue weighted by molar-refractivity contribution is 7.91. The van der Waals surface area contributed by atoms with E-state index in [0.29, 0.717) is 12.2 Å². The number of sulfone groups is 1. The zero-order valence-electron chi connectivity index (χ0n) is 11.9. The highest BCUT2D eigenvalue weighted by Gasteiger charge is 2.39. The van der Waals surface area contributed by atoms with Gasteiger partial charge in [-0.05, 0) is 25.5 Å². The van der Waals surface area contributed by atoms with Gasteiger partial charge in [0, 0.05) is 0 Å². The number of ether oxygens (including phenoxy) is 2. The average Bonchev–Trinajstić information content (AvgIpc) is 2.69. The normalized spacial score (nSPS) is 23.5. The molecule has 1 fully saturated rings. The number of alkyl carbamates (subject to hydrolysis) is 1. The van der Waals surface area contributed by atoms with Crippen LogP contribution in [0.2, 0.25) is 0 Å². The van der Waals surface area contributed by atoms with Crippen LogP contribution in [0.25, 0.3) is 0 Å². The highest BCUT2D eigenvalue weighted by atomic mass is 32.2. The van der Waals surface area contributed by atoms with Crippen molar-refractivity contribution >= 4 is 15.9 Å². The van der Waals surface area contributed by atoms with E-state index in [-0.39, 0.29) is 24.7 Å². The van der Waals surface area contributed by atoms with Crippen molar-refractivity contribution in [1.82, 2.24) is 5.32 Å². The van der Waals surface area contributed by atoms with E-state index in [1.165, 1.54) is 0 Å². The first-order valence-corrected chi connectivity index (χ1v) is 8.54. The van der Waals surface area contributed by atoms with Crippen molar-refractivity contribution in [2.75, 3.05) is 24.7 Å². The fourth-order valence-corrected chi connectivity index (χ4v) is 4.30. The largest absolute Gasteiger partial charge is 0.490 e. The van der Waals surface area contributed by atoms with Crippen LogP contribution >= 0.6 is 0 Å². The van der Waals surface area contributed by atoms with Gasteiger partial charge in [0.25, 0.3) is 0 Å². The van der Waals surface area contributed by atoms with Gasteiger partial charge in [-0.25, -0.2) is 13.2 Å². The van der Waals surface area contributed by atoms with Gasteiger partial charge in [0.05, 0.1) is 17.0 Å². The second-order valence-corrected chi connectivity index (χ2v) is 7.51. The van der Waals surface area contributed by atoms with Crippen molar-refractivity contribution in [2.45, 2.75) is 18.9 Å². The van der Waals surface area contributed by atoms with Crippen molar-refractivity contribution in [3.8, 4) is 5.75 Å². The highest BCUT2D eigenvalue weighted by Crippen LogP contribution is 2.22. The Balaban J connectivity index is 1.68. The lowest BCUT2D eigenvalue weighted by Crippen LogP contribution is -2.47. The molecule has 1 amide bonds. The summed E-state index contributed by atoms with van der Waals surface area (Å²) in [7, 11) is -3.06. The van der Waals surface area contributed by atoms with Gasteiger partial charge in [-0.1, -0.05) is 18.2 Å². The number of carbonyl (C=O) groups is 1. The summed E-state index contributed by atoms with van der Waals surface area (Å²) in [5.74, 6) is 0.756. The van der Waals surface area contributed by atoms with Gasteiger partial charge in [0.1, 0.15) is 19.0 Å². The number of hydrogen-bond acceptors (Lipinski definition) is 5. The molecule has 1 aromatic rings. The predicted molar refractivity (Wildman–Crippen MR) is 78.1 cm³/mol. The summed E-state index contributed by atoms with van der Waals surface area (Å²) in [5.41, 5.74) is -0.740. The number of para-hydroxylation sites is 1. The molecule has 1 aliphatic rings. The molecule has 1 atom stereocenters. The number of amides is 1. The van der Waals surface area contributed by atoms with Crippen LogP contribution in [0.5, 0.6) is 5.75 Å². The number of nitrogens with one attached hydrogen (secondary N) is 1. The molecule has 1 aromatic carbocycles. The Morgan fingerprint density at radius 1 is 1.29 bits per heavy atom. The van der Waals surface area contributed by atoms with E-state index in [1.54, 1.807) is 6.92 Å². The molecule has 21 heavy (non-hydrogen) atoms. The quantitative estimate of drug-likeness (QED) is 0.830. The summed E-state index contributed by atoms with van der Waals surface area (Å²) in [6.45, 7) is 2.05. The van der Waals surface area contributed by atoms with Gasteiger partial charge >= 0.3 is 6.09 Å². The molecule has 0 spiro atoms. The van der Waals surface area contributed by atoms with Gasteiger partial charge in [-0.3, -0.25) is 0 Å². The van der Waals surface area contributed by atoms with Crippen molar-refractivity contribution in [3.63, 3.8) is 0 Å². The smallest absolute Gasteiger partial charge is 0.407 e. The number of rotatable bonds is 5. The Morgan fingerprint density at radius 2 is 2.00 bits per heavy atom. The number of hydrogen-bond donors (Lipinski definition) is 1. The molecular formula is C14H19NO5S. The van der Waals surface area contributed by atoms with Crippen LogP contribution in [0.1, 0.15) is 13.3 Å². The molecule has 6 nitrogen and oxygen atoms in total. The Labute approximate surface area is 124 Å². The maximum Gasteiger partial charge on any atom is 0.407 e. The average molecular weight is 313 g/mol. The molecule has 0 aromatic heterocycles. The molecule has 0 bridgehead atoms. The Morgan fingerprint density at radius 3 is 2.62 bits per heavy atom. The van der Waals surface area contributed by atoms with Gasteiger partial charge in [0.2, 0.25) is 0 Å². The number of carbonyl (C=O) groups excluding carboxylic acids is 1. The molecule has 2 rings (SSSR count). The van der Waals surface area contributed by atoms with Crippen molar-refractivity contribution in [1.29, 1.82) is 0 Å². The molecule has 116 valence electrons. The number of benzene rings is 1. The topological polar surface area (TPSA) is 81.7 Å². The van der Waals surface area contributed by atoms with Crippen LogP contribution in [-0.2, 0) is 14.6 Å². The lowest BCUT2D eigenvalue weighted by molar-refractivity contribution is 0.117. The van der Waals surface area contributed by atoms with E-state index in [4.69, 9.17) is 9.47 Å². The Hall–Kier alpha value is -1.76. The van der Waals surface area contributed by atoms with Gasteiger partial charge < -0.3 is 14.8 Å². The zero-order valence-corrected chi connectivity index (χ0v) is 12.7. The molecule has 1 aliphatic heterocycles. The van der Waals surface area contributed by atoms with Crippen molar-refractivity contribution < 1.29 is 22.7 Å². The molecule has 1 saturated heterocycles. The minimum Gasteiger partial charge on any atom is -0.490 e. The van der Waals surface area contributed by atoms with Gasteiger partial charge in [-0.2, -0.15) is 0 Å². The minimum atomic E-state index is -3.06. The monoisotopic (exact) mass is 313 g/mol. The Kier molecular flexibility index (Phi) is 4.72. The standard InChI is InChI=1S/C14H19NO5S/c1-14(7-10-21(17,18)11-14)15-13(16)20-9-8-19-12-5-3-2-4-6-12/h2-6H,7-11H2,1H3,(H,15,16). The van der Waals surface area contributed by atoms with Crippen LogP contribution in [0.15, 0.2) is 30.3 Å². The third kappa shape index (κ3) is 4.93. The fraction of sp³-hybridized carbons (Fsp3) is 0.500. The van der Waals surface area contributed by atoms with Crippen LogP contribution in [0.3, 0.4) is 0 Å². The molecule has 1 unspecified atom stereocenters. The molecule has 0 radical (unpaired) electrons. The maximum atomic E-state index is 11.6. The van der Waals surface area contributed by atoms with E-state index >= 15 is 0 Å². The van der Waals surface area contributed by atoms with Crippen LogP contribution < -0.4 is 10.1 Å². The first kappa shape index (κ1) is 15.6. The summed E-state index contributed by atoms with van der Waals surface area (Å²) < 4.78 is 33.2. The van der Waals surface area contributed by atoms with E-state index < -0.39 is 21.5 Å². The lowest BCUT2D eigenvalue weighted by Gasteiger charge is -2.23. The van der Waals surface area contributed by atoms with E-state index in [9.17, 15) is 13.2 Å². The summed E-state index contributed by atoms with van der Waals surface area (Å²) >= 11 is 0. The van der Waals surface area contributed by atoms with Crippen molar-refractivity contribution in [2.24, 2.45) is 0 Å². The first-order chi connectivity index (χ1) is 9.89. The van der Waals surface area contributed by atoms with E-state index in [2.05, 4.69) is 5.32 Å². The van der Waals surface area contributed by atoms with Crippen LogP contribution in [-0.4, -0.2) is 44.8 Å². The molecule has 7 heteroatoms. The molecular weight excluding hydrogens is 294 g/mol. The van der Waals surface area contributed by atoms with Crippen LogP contribution in [0.4, 0.5) is 4.79 Å².